The normalized spacial score (nSPS) is 11.9. The van der Waals surface area contributed by atoms with Crippen LogP contribution < -0.4 is 15.4 Å². The van der Waals surface area contributed by atoms with Gasteiger partial charge in [-0.3, -0.25) is 0 Å². The lowest BCUT2D eigenvalue weighted by molar-refractivity contribution is -0.0498. The van der Waals surface area contributed by atoms with Gasteiger partial charge in [0.15, 0.2) is 5.96 Å². The summed E-state index contributed by atoms with van der Waals surface area (Å²) in [5.74, 6) is 0.830. The topological polar surface area (TPSA) is 45.7 Å². The van der Waals surface area contributed by atoms with Gasteiger partial charge in [-0.05, 0) is 45.4 Å². The predicted octanol–water partition coefficient (Wildman–Crippen LogP) is 3.76. The van der Waals surface area contributed by atoms with Gasteiger partial charge in [0.05, 0.1) is 6.54 Å². The van der Waals surface area contributed by atoms with Gasteiger partial charge in [0.25, 0.3) is 0 Å². The molecule has 0 amide bonds. The SMILES string of the molecule is CCNC(=NCc1cccc(OC(F)F)c1)NC(C)(C)C.I. The van der Waals surface area contributed by atoms with Crippen LogP contribution in [0.25, 0.3) is 0 Å². The molecule has 1 aromatic rings. The van der Waals surface area contributed by atoms with E-state index in [2.05, 4.69) is 20.4 Å². The molecule has 0 bridgehead atoms. The first-order chi connectivity index (χ1) is 9.80. The van der Waals surface area contributed by atoms with Crippen LogP contribution in [0.4, 0.5) is 8.78 Å². The molecule has 1 rings (SSSR count). The highest BCUT2D eigenvalue weighted by Gasteiger charge is 2.11. The Kier molecular flexibility index (Phi) is 9.31. The Morgan fingerprint density at radius 1 is 1.32 bits per heavy atom. The molecule has 4 nitrogen and oxygen atoms in total. The number of halogens is 3. The third kappa shape index (κ3) is 9.01. The van der Waals surface area contributed by atoms with Crippen LogP contribution in [0.2, 0.25) is 0 Å². The van der Waals surface area contributed by atoms with E-state index in [9.17, 15) is 8.78 Å². The van der Waals surface area contributed by atoms with Crippen molar-refractivity contribution in [2.75, 3.05) is 6.54 Å². The minimum absolute atomic E-state index is 0. The van der Waals surface area contributed by atoms with Crippen molar-refractivity contribution < 1.29 is 13.5 Å². The molecule has 0 aromatic heterocycles. The molecule has 0 radical (unpaired) electrons. The second kappa shape index (κ2) is 9.81. The lowest BCUT2D eigenvalue weighted by Gasteiger charge is -2.23. The number of guanidine groups is 1. The van der Waals surface area contributed by atoms with Crippen molar-refractivity contribution >= 4 is 29.9 Å². The highest BCUT2D eigenvalue weighted by atomic mass is 127. The summed E-state index contributed by atoms with van der Waals surface area (Å²) in [4.78, 5) is 4.44. The van der Waals surface area contributed by atoms with Gasteiger partial charge in [-0.15, -0.1) is 24.0 Å². The number of hydrogen-bond donors (Lipinski definition) is 2. The van der Waals surface area contributed by atoms with Crippen molar-refractivity contribution in [2.24, 2.45) is 4.99 Å². The molecule has 0 spiro atoms. The van der Waals surface area contributed by atoms with Gasteiger partial charge in [0, 0.05) is 12.1 Å². The van der Waals surface area contributed by atoms with E-state index in [1.165, 1.54) is 6.07 Å². The van der Waals surface area contributed by atoms with Gasteiger partial charge >= 0.3 is 6.61 Å². The molecule has 0 saturated heterocycles. The molecule has 7 heteroatoms. The molecule has 2 N–H and O–H groups in total. The van der Waals surface area contributed by atoms with Crippen LogP contribution in [-0.2, 0) is 6.54 Å². The van der Waals surface area contributed by atoms with Gasteiger partial charge in [-0.25, -0.2) is 4.99 Å². The van der Waals surface area contributed by atoms with E-state index in [4.69, 9.17) is 0 Å². The lowest BCUT2D eigenvalue weighted by atomic mass is 10.1. The van der Waals surface area contributed by atoms with Gasteiger partial charge in [-0.1, -0.05) is 12.1 Å². The quantitative estimate of drug-likeness (QED) is 0.428. The molecular weight excluding hydrogens is 403 g/mol. The van der Waals surface area contributed by atoms with Crippen molar-refractivity contribution in [3.05, 3.63) is 29.8 Å². The first-order valence-electron chi connectivity index (χ1n) is 6.90. The standard InChI is InChI=1S/C15H23F2N3O.HI/c1-5-18-14(20-15(2,3)4)19-10-11-7-6-8-12(9-11)21-13(16)17;/h6-9,13H,5,10H2,1-4H3,(H2,18,19,20);1H. The number of rotatable bonds is 5. The van der Waals surface area contributed by atoms with Crippen molar-refractivity contribution in [2.45, 2.75) is 46.4 Å². The van der Waals surface area contributed by atoms with Gasteiger partial charge < -0.3 is 15.4 Å². The molecule has 0 unspecified atom stereocenters. The number of benzene rings is 1. The third-order valence-electron chi connectivity index (χ3n) is 2.38. The van der Waals surface area contributed by atoms with Gasteiger partial charge in [0.2, 0.25) is 0 Å². The second-order valence-corrected chi connectivity index (χ2v) is 5.60. The van der Waals surface area contributed by atoms with E-state index in [1.807, 2.05) is 33.8 Å². The molecule has 22 heavy (non-hydrogen) atoms. The van der Waals surface area contributed by atoms with Crippen molar-refractivity contribution in [1.29, 1.82) is 0 Å². The van der Waals surface area contributed by atoms with E-state index in [1.54, 1.807) is 12.1 Å². The monoisotopic (exact) mass is 427 g/mol. The van der Waals surface area contributed by atoms with Crippen LogP contribution in [-0.4, -0.2) is 24.7 Å². The second-order valence-electron chi connectivity index (χ2n) is 5.60. The van der Waals surface area contributed by atoms with E-state index in [0.717, 1.165) is 12.1 Å². The Hall–Kier alpha value is -1.12. The Labute approximate surface area is 147 Å². The Balaban J connectivity index is 0.00000441. The highest BCUT2D eigenvalue weighted by Crippen LogP contribution is 2.16. The number of aliphatic imine (C=N–C) groups is 1. The van der Waals surface area contributed by atoms with Crippen molar-refractivity contribution in [3.8, 4) is 5.75 Å². The van der Waals surface area contributed by atoms with Crippen LogP contribution in [0, 0.1) is 0 Å². The Morgan fingerprint density at radius 2 is 2.00 bits per heavy atom. The summed E-state index contributed by atoms with van der Waals surface area (Å²) in [5, 5.41) is 6.41. The molecule has 0 fully saturated rings. The van der Waals surface area contributed by atoms with Crippen molar-refractivity contribution in [1.82, 2.24) is 10.6 Å². The summed E-state index contributed by atoms with van der Waals surface area (Å²) in [7, 11) is 0. The zero-order valence-corrected chi connectivity index (χ0v) is 15.7. The fraction of sp³-hybridized carbons (Fsp3) is 0.533. The van der Waals surface area contributed by atoms with E-state index in [-0.39, 0.29) is 35.3 Å². The van der Waals surface area contributed by atoms with Crippen LogP contribution >= 0.6 is 24.0 Å². The maximum absolute atomic E-state index is 12.2. The summed E-state index contributed by atoms with van der Waals surface area (Å²) >= 11 is 0. The smallest absolute Gasteiger partial charge is 0.387 e. The number of ether oxygens (including phenoxy) is 1. The molecule has 0 aliphatic carbocycles. The Bertz CT molecular complexity index is 476. The first-order valence-corrected chi connectivity index (χ1v) is 6.90. The fourth-order valence-corrected chi connectivity index (χ4v) is 1.65. The first kappa shape index (κ1) is 20.9. The summed E-state index contributed by atoms with van der Waals surface area (Å²) < 4.78 is 28.7. The van der Waals surface area contributed by atoms with Crippen LogP contribution in [0.5, 0.6) is 5.75 Å². The molecule has 0 heterocycles. The van der Waals surface area contributed by atoms with Crippen LogP contribution in [0.15, 0.2) is 29.3 Å². The summed E-state index contributed by atoms with van der Waals surface area (Å²) in [6.45, 7) is 6.41. The average molecular weight is 427 g/mol. The Morgan fingerprint density at radius 3 is 2.55 bits per heavy atom. The molecular formula is C15H24F2IN3O. The predicted molar refractivity (Wildman–Crippen MR) is 96.2 cm³/mol. The van der Waals surface area contributed by atoms with Crippen molar-refractivity contribution in [3.63, 3.8) is 0 Å². The van der Waals surface area contributed by atoms with Crippen LogP contribution in [0.1, 0.15) is 33.3 Å². The minimum atomic E-state index is -2.82. The summed E-state index contributed by atoms with van der Waals surface area (Å²) in [5.41, 5.74) is 0.695. The van der Waals surface area contributed by atoms with E-state index in [0.29, 0.717) is 12.5 Å². The lowest BCUT2D eigenvalue weighted by Crippen LogP contribution is -2.47. The molecule has 1 aromatic carbocycles. The number of alkyl halides is 2. The molecule has 0 atom stereocenters. The fourth-order valence-electron chi connectivity index (χ4n) is 1.65. The van der Waals surface area contributed by atoms with E-state index >= 15 is 0 Å². The van der Waals surface area contributed by atoms with Gasteiger partial charge in [0.1, 0.15) is 5.75 Å². The van der Waals surface area contributed by atoms with E-state index < -0.39 is 6.61 Å². The van der Waals surface area contributed by atoms with Gasteiger partial charge in [-0.2, -0.15) is 8.78 Å². The summed E-state index contributed by atoms with van der Waals surface area (Å²) in [6.07, 6.45) is 0. The molecule has 0 aliphatic heterocycles. The number of hydrogen-bond acceptors (Lipinski definition) is 2. The molecule has 0 saturated carbocycles. The molecule has 126 valence electrons. The number of nitrogens with one attached hydrogen (secondary N) is 2. The third-order valence-corrected chi connectivity index (χ3v) is 2.38. The minimum Gasteiger partial charge on any atom is -0.435 e. The number of nitrogens with zero attached hydrogens (tertiary/aromatic N) is 1. The maximum Gasteiger partial charge on any atom is 0.387 e. The zero-order valence-electron chi connectivity index (χ0n) is 13.3. The van der Waals surface area contributed by atoms with Crippen LogP contribution in [0.3, 0.4) is 0 Å². The molecule has 0 aliphatic rings. The highest BCUT2D eigenvalue weighted by molar-refractivity contribution is 14.0. The largest absolute Gasteiger partial charge is 0.435 e. The summed E-state index contributed by atoms with van der Waals surface area (Å²) in [6, 6.07) is 6.56. The maximum atomic E-state index is 12.2. The zero-order chi connectivity index (χ0) is 15.9. The average Bonchev–Trinajstić information content (AvgIpc) is 2.34.